The maximum Gasteiger partial charge on any atom is 0.358 e. The molecular formula is C13H17F2N3O3. The van der Waals surface area contributed by atoms with Gasteiger partial charge in [0.1, 0.15) is 5.69 Å². The van der Waals surface area contributed by atoms with Gasteiger partial charge in [0.2, 0.25) is 0 Å². The zero-order valence-electron chi connectivity index (χ0n) is 11.5. The van der Waals surface area contributed by atoms with Gasteiger partial charge >= 0.3 is 5.97 Å². The quantitative estimate of drug-likeness (QED) is 0.928. The number of hydrogen-bond donors (Lipinski definition) is 1. The van der Waals surface area contributed by atoms with Gasteiger partial charge in [-0.1, -0.05) is 18.1 Å². The highest BCUT2D eigenvalue weighted by molar-refractivity contribution is 5.86. The molecule has 0 radical (unpaired) electrons. The minimum absolute atomic E-state index is 0.252. The van der Waals surface area contributed by atoms with Crippen molar-refractivity contribution in [2.75, 3.05) is 6.61 Å². The predicted molar refractivity (Wildman–Crippen MR) is 67.4 cm³/mol. The smallest absolute Gasteiger partial charge is 0.358 e. The Kier molecular flexibility index (Phi) is 3.64. The van der Waals surface area contributed by atoms with Gasteiger partial charge in [0, 0.05) is 6.61 Å². The van der Waals surface area contributed by atoms with Crippen LogP contribution >= 0.6 is 0 Å². The normalized spacial score (nSPS) is 24.8. The number of alkyl halides is 2. The molecule has 1 aromatic heterocycles. The third-order valence-electron chi connectivity index (χ3n) is 4.47. The number of carbonyl (C=O) groups is 1. The van der Waals surface area contributed by atoms with Gasteiger partial charge in [0.25, 0.3) is 6.43 Å². The second kappa shape index (κ2) is 5.32. The predicted octanol–water partition coefficient (Wildman–Crippen LogP) is 2.58. The van der Waals surface area contributed by atoms with Crippen LogP contribution in [0.5, 0.6) is 0 Å². The molecule has 116 valence electrons. The van der Waals surface area contributed by atoms with E-state index in [1.807, 2.05) is 0 Å². The van der Waals surface area contributed by atoms with E-state index in [1.165, 1.54) is 0 Å². The third kappa shape index (κ3) is 2.52. The third-order valence-corrected chi connectivity index (χ3v) is 4.47. The molecule has 6 nitrogen and oxygen atoms in total. The maximum absolute atomic E-state index is 13.2. The fourth-order valence-corrected chi connectivity index (χ4v) is 3.50. The molecule has 1 unspecified atom stereocenters. The lowest BCUT2D eigenvalue weighted by Gasteiger charge is -2.38. The van der Waals surface area contributed by atoms with E-state index in [2.05, 4.69) is 10.3 Å². The van der Waals surface area contributed by atoms with Crippen LogP contribution in [0.25, 0.3) is 0 Å². The summed E-state index contributed by atoms with van der Waals surface area (Å²) in [6.07, 6.45) is 2.23. The number of carboxylic acid groups (broad SMARTS) is 1. The first-order valence-electron chi connectivity index (χ1n) is 7.13. The summed E-state index contributed by atoms with van der Waals surface area (Å²) in [5, 5.41) is 16.1. The maximum atomic E-state index is 13.2. The van der Waals surface area contributed by atoms with Gasteiger partial charge in [0.05, 0.1) is 11.6 Å². The van der Waals surface area contributed by atoms with Crippen molar-refractivity contribution in [3.05, 3.63) is 11.4 Å². The van der Waals surface area contributed by atoms with Crippen LogP contribution in [-0.4, -0.2) is 38.3 Å². The summed E-state index contributed by atoms with van der Waals surface area (Å²) in [6.45, 7) is 0.482. The summed E-state index contributed by atoms with van der Waals surface area (Å²) < 4.78 is 33.4. The second-order valence-electron chi connectivity index (χ2n) is 5.76. The molecule has 1 saturated carbocycles. The molecule has 1 N–H and O–H groups in total. The number of aromatic carboxylic acids is 1. The van der Waals surface area contributed by atoms with E-state index in [4.69, 9.17) is 9.84 Å². The van der Waals surface area contributed by atoms with E-state index in [1.54, 1.807) is 0 Å². The van der Waals surface area contributed by atoms with Crippen molar-refractivity contribution >= 4 is 5.97 Å². The standard InChI is InChI=1S/C13H17F2N3O3/c14-11(15)10-9(12(19)20)16-17-18(10)8-3-6-21-13(7-8)4-1-2-5-13/h8,11H,1-7H2,(H,19,20). The van der Waals surface area contributed by atoms with Gasteiger partial charge in [-0.3, -0.25) is 0 Å². The van der Waals surface area contributed by atoms with Crippen LogP contribution < -0.4 is 0 Å². The average Bonchev–Trinajstić information content (AvgIpc) is 3.05. The van der Waals surface area contributed by atoms with Crippen LogP contribution in [0.4, 0.5) is 8.78 Å². The Hall–Kier alpha value is -1.57. The number of ether oxygens (including phenoxy) is 1. The van der Waals surface area contributed by atoms with Gasteiger partial charge in [-0.15, -0.1) is 5.10 Å². The van der Waals surface area contributed by atoms with E-state index < -0.39 is 23.8 Å². The molecule has 1 atom stereocenters. The van der Waals surface area contributed by atoms with Gasteiger partial charge in [-0.2, -0.15) is 0 Å². The lowest BCUT2D eigenvalue weighted by molar-refractivity contribution is -0.0923. The van der Waals surface area contributed by atoms with E-state index in [-0.39, 0.29) is 11.6 Å². The molecule has 2 fully saturated rings. The van der Waals surface area contributed by atoms with E-state index >= 15 is 0 Å². The summed E-state index contributed by atoms with van der Waals surface area (Å²) in [5.74, 6) is -1.47. The van der Waals surface area contributed by atoms with Crippen molar-refractivity contribution in [2.24, 2.45) is 0 Å². The first-order valence-corrected chi connectivity index (χ1v) is 7.13. The number of rotatable bonds is 3. The van der Waals surface area contributed by atoms with E-state index in [0.29, 0.717) is 19.4 Å². The van der Waals surface area contributed by atoms with Gasteiger partial charge in [-0.05, 0) is 25.7 Å². The fraction of sp³-hybridized carbons (Fsp3) is 0.769. The lowest BCUT2D eigenvalue weighted by atomic mass is 9.89. The van der Waals surface area contributed by atoms with Crippen LogP contribution in [0.1, 0.15) is 67.2 Å². The summed E-state index contributed by atoms with van der Waals surface area (Å²) in [7, 11) is 0. The van der Waals surface area contributed by atoms with Gasteiger partial charge in [0.15, 0.2) is 5.69 Å². The molecule has 1 spiro atoms. The number of carboxylic acids is 1. The Morgan fingerprint density at radius 2 is 2.14 bits per heavy atom. The summed E-state index contributed by atoms with van der Waals surface area (Å²) in [5.41, 5.74) is -1.50. The monoisotopic (exact) mass is 301 g/mol. The highest BCUT2D eigenvalue weighted by Crippen LogP contribution is 2.44. The van der Waals surface area contributed by atoms with Gasteiger partial charge < -0.3 is 9.84 Å². The Bertz CT molecular complexity index is 541. The molecule has 2 aliphatic rings. The van der Waals surface area contributed by atoms with Crippen LogP contribution in [-0.2, 0) is 4.74 Å². The second-order valence-corrected chi connectivity index (χ2v) is 5.76. The summed E-state index contributed by atoms with van der Waals surface area (Å²) in [4.78, 5) is 11.0. The number of halogens is 2. The van der Waals surface area contributed by atoms with Crippen molar-refractivity contribution in [2.45, 2.75) is 56.6 Å². The first kappa shape index (κ1) is 14.4. The molecule has 1 aliphatic heterocycles. The molecule has 0 aromatic carbocycles. The highest BCUT2D eigenvalue weighted by atomic mass is 19.3. The van der Waals surface area contributed by atoms with E-state index in [9.17, 15) is 13.6 Å². The highest BCUT2D eigenvalue weighted by Gasteiger charge is 2.42. The summed E-state index contributed by atoms with van der Waals surface area (Å²) >= 11 is 0. The fourth-order valence-electron chi connectivity index (χ4n) is 3.50. The number of nitrogens with zero attached hydrogens (tertiary/aromatic N) is 3. The van der Waals surface area contributed by atoms with Crippen molar-refractivity contribution in [3.63, 3.8) is 0 Å². The van der Waals surface area contributed by atoms with Crippen LogP contribution in [0.15, 0.2) is 0 Å². The molecule has 1 saturated heterocycles. The van der Waals surface area contributed by atoms with Gasteiger partial charge in [-0.25, -0.2) is 18.3 Å². The van der Waals surface area contributed by atoms with Crippen molar-refractivity contribution in [1.82, 2.24) is 15.0 Å². The van der Waals surface area contributed by atoms with Crippen LogP contribution in [0.2, 0.25) is 0 Å². The zero-order chi connectivity index (χ0) is 15.0. The largest absolute Gasteiger partial charge is 0.476 e. The molecule has 1 aliphatic carbocycles. The molecular weight excluding hydrogens is 284 g/mol. The molecule has 0 bridgehead atoms. The summed E-state index contributed by atoms with van der Waals surface area (Å²) in [6, 6.07) is -0.276. The number of hydrogen-bond acceptors (Lipinski definition) is 4. The molecule has 8 heteroatoms. The minimum atomic E-state index is -2.91. The molecule has 1 aromatic rings. The van der Waals surface area contributed by atoms with Crippen LogP contribution in [0.3, 0.4) is 0 Å². The zero-order valence-corrected chi connectivity index (χ0v) is 11.5. The average molecular weight is 301 g/mol. The Morgan fingerprint density at radius 1 is 1.43 bits per heavy atom. The molecule has 3 rings (SSSR count). The lowest BCUT2D eigenvalue weighted by Crippen LogP contribution is -2.38. The van der Waals surface area contributed by atoms with Crippen molar-refractivity contribution in [1.29, 1.82) is 0 Å². The van der Waals surface area contributed by atoms with Crippen LogP contribution in [0, 0.1) is 0 Å². The minimum Gasteiger partial charge on any atom is -0.476 e. The Labute approximate surface area is 120 Å². The first-order chi connectivity index (χ1) is 10.0. The number of aromatic nitrogens is 3. The molecule has 21 heavy (non-hydrogen) atoms. The Morgan fingerprint density at radius 3 is 2.76 bits per heavy atom. The molecule has 0 amide bonds. The van der Waals surface area contributed by atoms with Crippen molar-refractivity contribution < 1.29 is 23.4 Å². The SMILES string of the molecule is O=C(O)c1nnn(C2CCOC3(CCCC3)C2)c1C(F)F. The topological polar surface area (TPSA) is 77.2 Å². The van der Waals surface area contributed by atoms with E-state index in [0.717, 1.165) is 30.4 Å². The van der Waals surface area contributed by atoms with Crippen molar-refractivity contribution in [3.8, 4) is 0 Å². The molecule has 2 heterocycles. The Balaban J connectivity index is 1.91.